The molecule has 3 rings (SSSR count). The number of anilines is 1. The summed E-state index contributed by atoms with van der Waals surface area (Å²) in [7, 11) is 0. The molecule has 5 heteroatoms. The summed E-state index contributed by atoms with van der Waals surface area (Å²) < 4.78 is 0. The van der Waals surface area contributed by atoms with Crippen molar-refractivity contribution in [2.24, 2.45) is 5.73 Å². The van der Waals surface area contributed by atoms with E-state index in [1.165, 1.54) is 11.9 Å². The summed E-state index contributed by atoms with van der Waals surface area (Å²) in [6.07, 6.45) is 2.49. The van der Waals surface area contributed by atoms with Gasteiger partial charge in [-0.1, -0.05) is 6.07 Å². The van der Waals surface area contributed by atoms with Gasteiger partial charge in [0.05, 0.1) is 10.5 Å². The second-order valence-electron chi connectivity index (χ2n) is 3.93. The summed E-state index contributed by atoms with van der Waals surface area (Å²) in [6, 6.07) is 6.04. The van der Waals surface area contributed by atoms with Gasteiger partial charge in [-0.3, -0.25) is 0 Å². The highest BCUT2D eigenvalue weighted by Gasteiger charge is 2.15. The highest BCUT2D eigenvalue weighted by atomic mass is 32.2. The fourth-order valence-corrected chi connectivity index (χ4v) is 2.94. The molecule has 0 radical (unpaired) electrons. The van der Waals surface area contributed by atoms with Crippen LogP contribution in [0.25, 0.3) is 16.5 Å². The largest absolute Gasteiger partial charge is 0.393 e. The van der Waals surface area contributed by atoms with Crippen LogP contribution in [0.15, 0.2) is 29.6 Å². The summed E-state index contributed by atoms with van der Waals surface area (Å²) in [4.78, 5) is 8.19. The van der Waals surface area contributed by atoms with Crippen LogP contribution in [0.4, 0.5) is 5.82 Å². The summed E-state index contributed by atoms with van der Waals surface area (Å²) >= 11 is 1.70. The van der Waals surface area contributed by atoms with Gasteiger partial charge in [-0.25, -0.2) is 9.97 Å². The Kier molecular flexibility index (Phi) is 2.40. The number of nitrogens with two attached hydrogens (primary N) is 2. The van der Waals surface area contributed by atoms with E-state index < -0.39 is 0 Å². The van der Waals surface area contributed by atoms with Crippen LogP contribution in [0.3, 0.4) is 0 Å². The lowest BCUT2D eigenvalue weighted by Crippen LogP contribution is -1.96. The third-order valence-electron chi connectivity index (χ3n) is 2.92. The second kappa shape index (κ2) is 3.92. The topological polar surface area (TPSA) is 77.8 Å². The molecule has 1 aliphatic rings. The van der Waals surface area contributed by atoms with Gasteiger partial charge >= 0.3 is 0 Å². The number of fused-ring (bicyclic) bond motifs is 1. The van der Waals surface area contributed by atoms with E-state index in [0.717, 1.165) is 33.7 Å². The molecular formula is C12H12N4S. The summed E-state index contributed by atoms with van der Waals surface area (Å²) in [5.74, 6) is 1.57. The van der Waals surface area contributed by atoms with Gasteiger partial charge in [0.25, 0.3) is 0 Å². The molecular weight excluding hydrogens is 232 g/mol. The normalized spacial score (nSPS) is 15.8. The van der Waals surface area contributed by atoms with Crippen LogP contribution in [0.2, 0.25) is 0 Å². The zero-order chi connectivity index (χ0) is 11.8. The highest BCUT2D eigenvalue weighted by molar-refractivity contribution is 8.03. The van der Waals surface area contributed by atoms with Crippen molar-refractivity contribution >= 4 is 34.1 Å². The second-order valence-corrected chi connectivity index (χ2v) is 5.07. The predicted octanol–water partition coefficient (Wildman–Crippen LogP) is 1.98. The SMILES string of the molecule is NC1=C(c2ccc3ncnc(N)c3c2)CCS1. The van der Waals surface area contributed by atoms with Gasteiger partial charge in [0.15, 0.2) is 0 Å². The van der Waals surface area contributed by atoms with Gasteiger partial charge in [0.1, 0.15) is 12.1 Å². The van der Waals surface area contributed by atoms with Crippen molar-refractivity contribution in [2.75, 3.05) is 11.5 Å². The van der Waals surface area contributed by atoms with Crippen molar-refractivity contribution in [3.05, 3.63) is 35.1 Å². The Labute approximate surface area is 103 Å². The molecule has 0 aliphatic carbocycles. The van der Waals surface area contributed by atoms with Crippen molar-refractivity contribution in [2.45, 2.75) is 6.42 Å². The number of hydrogen-bond acceptors (Lipinski definition) is 5. The summed E-state index contributed by atoms with van der Waals surface area (Å²) in [6.45, 7) is 0. The average molecular weight is 244 g/mol. The summed E-state index contributed by atoms with van der Waals surface area (Å²) in [5, 5.41) is 1.81. The maximum atomic E-state index is 5.97. The predicted molar refractivity (Wildman–Crippen MR) is 72.1 cm³/mol. The molecule has 0 saturated heterocycles. The van der Waals surface area contributed by atoms with E-state index in [1.807, 2.05) is 18.2 Å². The number of allylic oxidation sites excluding steroid dienone is 1. The Hall–Kier alpha value is -1.75. The van der Waals surface area contributed by atoms with Gasteiger partial charge in [-0.2, -0.15) is 0 Å². The Morgan fingerprint density at radius 2 is 2.06 bits per heavy atom. The third-order valence-corrected chi connectivity index (χ3v) is 3.89. The number of nitrogens with zero attached hydrogens (tertiary/aromatic N) is 2. The van der Waals surface area contributed by atoms with Crippen LogP contribution in [0.5, 0.6) is 0 Å². The molecule has 0 fully saturated rings. The Morgan fingerprint density at radius 1 is 1.18 bits per heavy atom. The molecule has 2 aromatic rings. The van der Waals surface area contributed by atoms with Crippen LogP contribution in [-0.4, -0.2) is 15.7 Å². The molecule has 0 unspecified atom stereocenters. The minimum absolute atomic E-state index is 0.515. The van der Waals surface area contributed by atoms with E-state index in [4.69, 9.17) is 11.5 Å². The minimum Gasteiger partial charge on any atom is -0.393 e. The molecule has 2 heterocycles. The molecule has 4 nitrogen and oxygen atoms in total. The van der Waals surface area contributed by atoms with Gasteiger partial charge in [0.2, 0.25) is 0 Å². The van der Waals surface area contributed by atoms with E-state index in [0.29, 0.717) is 5.82 Å². The lowest BCUT2D eigenvalue weighted by atomic mass is 10.0. The molecule has 1 aliphatic heterocycles. The lowest BCUT2D eigenvalue weighted by molar-refractivity contribution is 1.22. The Bertz CT molecular complexity index is 621. The van der Waals surface area contributed by atoms with Crippen molar-refractivity contribution in [3.8, 4) is 0 Å². The van der Waals surface area contributed by atoms with Crippen molar-refractivity contribution in [3.63, 3.8) is 0 Å². The van der Waals surface area contributed by atoms with Crippen LogP contribution >= 0.6 is 11.8 Å². The van der Waals surface area contributed by atoms with Gasteiger partial charge in [-0.05, 0) is 29.7 Å². The van der Waals surface area contributed by atoms with Gasteiger partial charge < -0.3 is 11.5 Å². The molecule has 4 N–H and O–H groups in total. The quantitative estimate of drug-likeness (QED) is 0.802. The van der Waals surface area contributed by atoms with Crippen LogP contribution in [0, 0.1) is 0 Å². The highest BCUT2D eigenvalue weighted by Crippen LogP contribution is 2.35. The maximum absolute atomic E-state index is 5.97. The van der Waals surface area contributed by atoms with E-state index >= 15 is 0 Å². The summed E-state index contributed by atoms with van der Waals surface area (Å²) in [5.41, 5.74) is 15.0. The van der Waals surface area contributed by atoms with Crippen molar-refractivity contribution < 1.29 is 0 Å². The number of thioether (sulfide) groups is 1. The number of benzene rings is 1. The Morgan fingerprint density at radius 3 is 2.82 bits per heavy atom. The smallest absolute Gasteiger partial charge is 0.134 e. The van der Waals surface area contributed by atoms with E-state index in [9.17, 15) is 0 Å². The first-order valence-electron chi connectivity index (χ1n) is 5.38. The zero-order valence-electron chi connectivity index (χ0n) is 9.18. The van der Waals surface area contributed by atoms with Crippen LogP contribution < -0.4 is 11.5 Å². The minimum atomic E-state index is 0.515. The van der Waals surface area contributed by atoms with E-state index in [2.05, 4.69) is 9.97 Å². The molecule has 1 aromatic carbocycles. The molecule has 17 heavy (non-hydrogen) atoms. The standard InChI is InChI=1S/C12H12N4S/c13-11-9-5-7(8-3-4-17-12(8)14)1-2-10(9)15-6-16-11/h1-2,5-6H,3-4,14H2,(H2,13,15,16). The van der Waals surface area contributed by atoms with E-state index in [-0.39, 0.29) is 0 Å². The third kappa shape index (κ3) is 1.72. The average Bonchev–Trinajstić information content (AvgIpc) is 2.76. The number of aromatic nitrogens is 2. The molecule has 0 atom stereocenters. The molecule has 0 bridgehead atoms. The van der Waals surface area contributed by atoms with Crippen molar-refractivity contribution in [1.29, 1.82) is 0 Å². The maximum Gasteiger partial charge on any atom is 0.134 e. The van der Waals surface area contributed by atoms with Gasteiger partial charge in [-0.15, -0.1) is 11.8 Å². The van der Waals surface area contributed by atoms with Gasteiger partial charge in [0, 0.05) is 11.1 Å². The molecule has 0 spiro atoms. The lowest BCUT2D eigenvalue weighted by Gasteiger charge is -2.06. The Balaban J connectivity index is 2.20. The fourth-order valence-electron chi connectivity index (χ4n) is 2.02. The molecule has 1 aromatic heterocycles. The number of nitrogen functional groups attached to an aromatic ring is 1. The molecule has 86 valence electrons. The first kappa shape index (κ1) is 10.4. The molecule has 0 amide bonds. The van der Waals surface area contributed by atoms with Crippen LogP contribution in [-0.2, 0) is 0 Å². The monoisotopic (exact) mass is 244 g/mol. The zero-order valence-corrected chi connectivity index (χ0v) is 10.00. The van der Waals surface area contributed by atoms with Crippen molar-refractivity contribution in [1.82, 2.24) is 9.97 Å². The fraction of sp³-hybridized carbons (Fsp3) is 0.167. The number of hydrogen-bond donors (Lipinski definition) is 2. The first-order valence-corrected chi connectivity index (χ1v) is 6.36. The van der Waals surface area contributed by atoms with Crippen LogP contribution in [0.1, 0.15) is 12.0 Å². The van der Waals surface area contributed by atoms with E-state index in [1.54, 1.807) is 11.8 Å². The molecule has 0 saturated carbocycles. The number of rotatable bonds is 1. The first-order chi connectivity index (χ1) is 8.25.